The number of methoxy groups -OCH3 is 1. The second-order valence-electron chi connectivity index (χ2n) is 4.89. The Labute approximate surface area is 131 Å². The van der Waals surface area contributed by atoms with Gasteiger partial charge in [0.15, 0.2) is 18.2 Å². The molecule has 0 spiro atoms. The average Bonchev–Trinajstić information content (AvgIpc) is 3.01. The minimum atomic E-state index is -0.0426. The average molecular weight is 356 g/mol. The van der Waals surface area contributed by atoms with Gasteiger partial charge in [0, 0.05) is 5.92 Å². The molecule has 0 amide bonds. The van der Waals surface area contributed by atoms with Gasteiger partial charge in [0.25, 0.3) is 0 Å². The molecule has 2 rings (SSSR count). The van der Waals surface area contributed by atoms with Crippen LogP contribution >= 0.6 is 15.9 Å². The molecule has 1 heterocycles. The molecule has 0 bridgehead atoms. The Morgan fingerprint density at radius 2 is 2.19 bits per heavy atom. The van der Waals surface area contributed by atoms with Crippen LogP contribution in [0.4, 0.5) is 0 Å². The van der Waals surface area contributed by atoms with E-state index in [1.54, 1.807) is 12.1 Å². The summed E-state index contributed by atoms with van der Waals surface area (Å²) in [4.78, 5) is 21.1. The van der Waals surface area contributed by atoms with Crippen molar-refractivity contribution in [1.29, 1.82) is 0 Å². The fraction of sp³-hybridized carbons (Fsp3) is 0.500. The Morgan fingerprint density at radius 3 is 2.86 bits per heavy atom. The number of hydrogen-bond acceptors (Lipinski definition) is 5. The van der Waals surface area contributed by atoms with Gasteiger partial charge in [-0.05, 0) is 40.9 Å². The van der Waals surface area contributed by atoms with E-state index in [9.17, 15) is 4.79 Å². The number of nitrogens with two attached hydrogens (primary N) is 1. The van der Waals surface area contributed by atoms with Gasteiger partial charge >= 0.3 is 0 Å². The lowest BCUT2D eigenvalue weighted by atomic mass is 10.0. The first kappa shape index (κ1) is 15.8. The Balaban J connectivity index is 1.92. The quantitative estimate of drug-likeness (QED) is 0.480. The SMILES string of the molecule is COc1nc(/C(N)=N/OCC(=O)C2CCCC2)ccc1Br. The van der Waals surface area contributed by atoms with E-state index in [2.05, 4.69) is 26.1 Å². The molecule has 2 N–H and O–H groups in total. The molecule has 1 aliphatic rings. The summed E-state index contributed by atoms with van der Waals surface area (Å²) < 4.78 is 5.80. The van der Waals surface area contributed by atoms with Crippen molar-refractivity contribution in [2.45, 2.75) is 25.7 Å². The van der Waals surface area contributed by atoms with Crippen LogP contribution < -0.4 is 10.5 Å². The molecule has 0 saturated heterocycles. The highest BCUT2D eigenvalue weighted by Gasteiger charge is 2.22. The molecule has 1 saturated carbocycles. The van der Waals surface area contributed by atoms with Crippen molar-refractivity contribution in [3.8, 4) is 5.88 Å². The second-order valence-corrected chi connectivity index (χ2v) is 5.74. The van der Waals surface area contributed by atoms with E-state index in [0.29, 0.717) is 11.6 Å². The fourth-order valence-corrected chi connectivity index (χ4v) is 2.67. The molecule has 0 unspecified atom stereocenters. The Kier molecular flexibility index (Phi) is 5.55. The first-order valence-corrected chi connectivity index (χ1v) is 7.60. The van der Waals surface area contributed by atoms with E-state index < -0.39 is 0 Å². The molecular formula is C14H18BrN3O3. The van der Waals surface area contributed by atoms with Crippen molar-refractivity contribution < 1.29 is 14.4 Å². The number of carbonyl (C=O) groups is 1. The number of ketones is 1. The molecule has 1 aliphatic carbocycles. The van der Waals surface area contributed by atoms with Gasteiger partial charge in [0.05, 0.1) is 11.6 Å². The minimum Gasteiger partial charge on any atom is -0.480 e. The largest absolute Gasteiger partial charge is 0.480 e. The van der Waals surface area contributed by atoms with Crippen LogP contribution in [-0.2, 0) is 9.63 Å². The van der Waals surface area contributed by atoms with Crippen LogP contribution in [0.3, 0.4) is 0 Å². The van der Waals surface area contributed by atoms with Crippen LogP contribution in [0.25, 0.3) is 0 Å². The summed E-state index contributed by atoms with van der Waals surface area (Å²) in [6.45, 7) is -0.0426. The van der Waals surface area contributed by atoms with Gasteiger partial charge in [-0.2, -0.15) is 0 Å². The molecule has 1 fully saturated rings. The van der Waals surface area contributed by atoms with E-state index in [-0.39, 0.29) is 24.1 Å². The van der Waals surface area contributed by atoms with Crippen molar-refractivity contribution in [2.75, 3.05) is 13.7 Å². The third-order valence-corrected chi connectivity index (χ3v) is 4.05. The van der Waals surface area contributed by atoms with E-state index >= 15 is 0 Å². The monoisotopic (exact) mass is 355 g/mol. The zero-order valence-electron chi connectivity index (χ0n) is 11.8. The Morgan fingerprint density at radius 1 is 1.48 bits per heavy atom. The molecule has 6 nitrogen and oxygen atoms in total. The maximum Gasteiger partial charge on any atom is 0.228 e. The standard InChI is InChI=1S/C14H18BrN3O3/c1-20-14-10(15)6-7-11(17-14)13(16)18-21-8-12(19)9-4-2-3-5-9/h6-7,9H,2-5,8H2,1H3,(H2,16,18). The van der Waals surface area contributed by atoms with Gasteiger partial charge in [-0.25, -0.2) is 4.98 Å². The number of Topliss-reactive ketones (excluding diaryl/α,β-unsaturated/α-hetero) is 1. The number of halogens is 1. The predicted molar refractivity (Wildman–Crippen MR) is 82.1 cm³/mol. The van der Waals surface area contributed by atoms with Crippen molar-refractivity contribution in [2.24, 2.45) is 16.8 Å². The smallest absolute Gasteiger partial charge is 0.228 e. The third kappa shape index (κ3) is 4.17. The Hall–Kier alpha value is -1.63. The molecule has 1 aromatic heterocycles. The fourth-order valence-electron chi connectivity index (χ4n) is 2.29. The number of aromatic nitrogens is 1. The number of nitrogens with zero attached hydrogens (tertiary/aromatic N) is 2. The maximum atomic E-state index is 11.8. The van der Waals surface area contributed by atoms with Gasteiger partial charge in [-0.1, -0.05) is 18.0 Å². The normalized spacial score (nSPS) is 16.0. The topological polar surface area (TPSA) is 86.8 Å². The van der Waals surface area contributed by atoms with Gasteiger partial charge in [-0.15, -0.1) is 0 Å². The molecule has 0 aliphatic heterocycles. The molecule has 0 aromatic carbocycles. The van der Waals surface area contributed by atoms with Crippen LogP contribution in [0.5, 0.6) is 5.88 Å². The second kappa shape index (κ2) is 7.40. The van der Waals surface area contributed by atoms with Gasteiger partial charge < -0.3 is 15.3 Å². The van der Waals surface area contributed by atoms with Gasteiger partial charge in [-0.3, -0.25) is 4.79 Å². The van der Waals surface area contributed by atoms with Crippen LogP contribution in [0.1, 0.15) is 31.4 Å². The lowest BCUT2D eigenvalue weighted by Gasteiger charge is -2.07. The minimum absolute atomic E-state index is 0.0426. The van der Waals surface area contributed by atoms with E-state index in [0.717, 1.165) is 30.2 Å². The number of ether oxygens (including phenoxy) is 1. The number of hydrogen-bond donors (Lipinski definition) is 1. The van der Waals surface area contributed by atoms with Crippen molar-refractivity contribution in [3.05, 3.63) is 22.3 Å². The van der Waals surface area contributed by atoms with Crippen LogP contribution in [0, 0.1) is 5.92 Å². The summed E-state index contributed by atoms with van der Waals surface area (Å²) >= 11 is 3.31. The zero-order chi connectivity index (χ0) is 15.2. The number of rotatable bonds is 6. The van der Waals surface area contributed by atoms with E-state index in [1.165, 1.54) is 7.11 Å². The lowest BCUT2D eigenvalue weighted by Crippen LogP contribution is -2.19. The predicted octanol–water partition coefficient (Wildman–Crippen LogP) is 2.25. The summed E-state index contributed by atoms with van der Waals surface area (Å²) in [7, 11) is 1.51. The molecule has 1 aromatic rings. The molecule has 21 heavy (non-hydrogen) atoms. The van der Waals surface area contributed by atoms with Gasteiger partial charge in [0.1, 0.15) is 5.69 Å². The number of carbonyl (C=O) groups excluding carboxylic acids is 1. The molecular weight excluding hydrogens is 338 g/mol. The van der Waals surface area contributed by atoms with Crippen molar-refractivity contribution >= 4 is 27.5 Å². The first-order chi connectivity index (χ1) is 10.1. The molecule has 114 valence electrons. The molecule has 7 heteroatoms. The summed E-state index contributed by atoms with van der Waals surface area (Å²) in [6, 6.07) is 3.45. The zero-order valence-corrected chi connectivity index (χ0v) is 13.4. The summed E-state index contributed by atoms with van der Waals surface area (Å²) in [5, 5.41) is 3.75. The van der Waals surface area contributed by atoms with Gasteiger partial charge in [0.2, 0.25) is 5.88 Å². The molecule has 0 radical (unpaired) electrons. The maximum absolute atomic E-state index is 11.8. The number of pyridine rings is 1. The summed E-state index contributed by atoms with van der Waals surface area (Å²) in [5.74, 6) is 0.727. The lowest BCUT2D eigenvalue weighted by molar-refractivity contribution is -0.127. The Bertz CT molecular complexity index is 542. The van der Waals surface area contributed by atoms with E-state index in [1.807, 2.05) is 0 Å². The first-order valence-electron chi connectivity index (χ1n) is 6.81. The highest BCUT2D eigenvalue weighted by atomic mass is 79.9. The summed E-state index contributed by atoms with van der Waals surface area (Å²) in [6.07, 6.45) is 4.13. The highest BCUT2D eigenvalue weighted by molar-refractivity contribution is 9.10. The number of oxime groups is 1. The number of amidine groups is 1. The third-order valence-electron chi connectivity index (χ3n) is 3.45. The van der Waals surface area contributed by atoms with Crippen LogP contribution in [-0.4, -0.2) is 30.3 Å². The van der Waals surface area contributed by atoms with Crippen LogP contribution in [0.15, 0.2) is 21.8 Å². The van der Waals surface area contributed by atoms with Crippen LogP contribution in [0.2, 0.25) is 0 Å². The van der Waals surface area contributed by atoms with Crippen molar-refractivity contribution in [1.82, 2.24) is 4.98 Å². The highest BCUT2D eigenvalue weighted by Crippen LogP contribution is 2.25. The van der Waals surface area contributed by atoms with E-state index in [4.69, 9.17) is 15.3 Å². The summed E-state index contributed by atoms with van der Waals surface area (Å²) in [5.41, 5.74) is 6.22. The molecule has 0 atom stereocenters. The van der Waals surface area contributed by atoms with Crippen molar-refractivity contribution in [3.63, 3.8) is 0 Å².